The van der Waals surface area contributed by atoms with Crippen LogP contribution >= 0.6 is 11.6 Å². The number of morpholine rings is 1. The number of ether oxygens (including phenoxy) is 2. The highest BCUT2D eigenvalue weighted by Gasteiger charge is 2.25. The summed E-state index contributed by atoms with van der Waals surface area (Å²) < 4.78 is 10.7. The van der Waals surface area contributed by atoms with Gasteiger partial charge in [-0.3, -0.25) is 4.90 Å². The van der Waals surface area contributed by atoms with Gasteiger partial charge in [-0.25, -0.2) is 4.79 Å². The Morgan fingerprint density at radius 2 is 2.42 bits per heavy atom. The smallest absolute Gasteiger partial charge is 0.334 e. The van der Waals surface area contributed by atoms with E-state index in [2.05, 4.69) is 0 Å². The first-order valence-corrected chi connectivity index (χ1v) is 6.48. The number of benzene rings is 1. The van der Waals surface area contributed by atoms with Crippen molar-refractivity contribution in [1.82, 2.24) is 4.90 Å². The Balaban J connectivity index is 1.75. The summed E-state index contributed by atoms with van der Waals surface area (Å²) in [5.74, 6) is -0.198. The highest BCUT2D eigenvalue weighted by Crippen LogP contribution is 2.17. The third-order valence-electron chi connectivity index (χ3n) is 2.90. The van der Waals surface area contributed by atoms with Gasteiger partial charge in [-0.15, -0.1) is 0 Å². The van der Waals surface area contributed by atoms with Crippen LogP contribution in [0, 0.1) is 0 Å². The summed E-state index contributed by atoms with van der Waals surface area (Å²) in [6.45, 7) is 2.72. The molecule has 0 amide bonds. The van der Waals surface area contributed by atoms with E-state index in [1.54, 1.807) is 12.1 Å². The van der Waals surface area contributed by atoms with Crippen LogP contribution < -0.4 is 4.74 Å². The molecule has 0 bridgehead atoms. The molecule has 1 heterocycles. The van der Waals surface area contributed by atoms with Gasteiger partial charge in [0.2, 0.25) is 0 Å². The zero-order chi connectivity index (χ0) is 13.7. The molecule has 1 fully saturated rings. The zero-order valence-corrected chi connectivity index (χ0v) is 11.2. The summed E-state index contributed by atoms with van der Waals surface area (Å²) in [6.07, 6.45) is -0.736. The van der Waals surface area contributed by atoms with E-state index in [0.717, 1.165) is 12.3 Å². The monoisotopic (exact) mass is 285 g/mol. The Bertz CT molecular complexity index is 440. The lowest BCUT2D eigenvalue weighted by Gasteiger charge is -2.30. The average Bonchev–Trinajstić information content (AvgIpc) is 2.39. The van der Waals surface area contributed by atoms with Crippen LogP contribution in [-0.4, -0.2) is 54.9 Å². The van der Waals surface area contributed by atoms with E-state index >= 15 is 0 Å². The number of carboxylic acid groups (broad SMARTS) is 1. The maximum atomic E-state index is 10.8. The lowest BCUT2D eigenvalue weighted by molar-refractivity contribution is -0.156. The van der Waals surface area contributed by atoms with Crippen molar-refractivity contribution in [1.29, 1.82) is 0 Å². The van der Waals surface area contributed by atoms with Gasteiger partial charge in [0.1, 0.15) is 12.4 Å². The van der Waals surface area contributed by atoms with E-state index in [0.29, 0.717) is 31.3 Å². The Morgan fingerprint density at radius 3 is 3.16 bits per heavy atom. The molecule has 0 spiro atoms. The number of hydrogen-bond acceptors (Lipinski definition) is 4. The van der Waals surface area contributed by atoms with Crippen molar-refractivity contribution in [3.63, 3.8) is 0 Å². The van der Waals surface area contributed by atoms with Crippen molar-refractivity contribution >= 4 is 17.6 Å². The molecule has 1 N–H and O–H groups in total. The number of carbonyl (C=O) groups is 1. The number of hydrogen-bond donors (Lipinski definition) is 1. The van der Waals surface area contributed by atoms with Crippen molar-refractivity contribution in [2.45, 2.75) is 6.10 Å². The van der Waals surface area contributed by atoms with Crippen LogP contribution in [0.4, 0.5) is 0 Å². The van der Waals surface area contributed by atoms with Gasteiger partial charge in [-0.1, -0.05) is 17.7 Å². The Labute approximate surface area is 116 Å². The van der Waals surface area contributed by atoms with E-state index < -0.39 is 12.1 Å². The molecule has 19 heavy (non-hydrogen) atoms. The third kappa shape index (κ3) is 4.38. The molecule has 2 rings (SSSR count). The fourth-order valence-electron chi connectivity index (χ4n) is 1.90. The van der Waals surface area contributed by atoms with Crippen molar-refractivity contribution in [3.8, 4) is 5.75 Å². The first kappa shape index (κ1) is 14.1. The summed E-state index contributed by atoms with van der Waals surface area (Å²) in [7, 11) is 0. The minimum Gasteiger partial charge on any atom is -0.492 e. The molecule has 1 aliphatic heterocycles. The summed E-state index contributed by atoms with van der Waals surface area (Å²) >= 11 is 5.85. The number of carboxylic acids is 1. The molecular weight excluding hydrogens is 270 g/mol. The molecular formula is C13H16ClNO4. The van der Waals surface area contributed by atoms with E-state index in [1.165, 1.54) is 0 Å². The van der Waals surface area contributed by atoms with Crippen molar-refractivity contribution in [2.75, 3.05) is 32.8 Å². The van der Waals surface area contributed by atoms with Gasteiger partial charge in [0.25, 0.3) is 0 Å². The van der Waals surface area contributed by atoms with Crippen LogP contribution in [-0.2, 0) is 9.53 Å². The SMILES string of the molecule is O=C(O)C1CN(CCOc2cccc(Cl)c2)CCO1. The Kier molecular flexibility index (Phi) is 5.01. The van der Waals surface area contributed by atoms with E-state index in [9.17, 15) is 4.79 Å². The van der Waals surface area contributed by atoms with Gasteiger partial charge in [0.15, 0.2) is 6.10 Å². The standard InChI is InChI=1S/C13H16ClNO4/c14-10-2-1-3-11(8-10)18-6-4-15-5-7-19-12(9-15)13(16)17/h1-3,8,12H,4-7,9H2,(H,16,17). The molecule has 1 aliphatic rings. The van der Waals surface area contributed by atoms with E-state index in [-0.39, 0.29) is 0 Å². The third-order valence-corrected chi connectivity index (χ3v) is 3.13. The molecule has 1 aromatic carbocycles. The van der Waals surface area contributed by atoms with Crippen LogP contribution in [0.1, 0.15) is 0 Å². The van der Waals surface area contributed by atoms with Gasteiger partial charge < -0.3 is 14.6 Å². The highest BCUT2D eigenvalue weighted by molar-refractivity contribution is 6.30. The first-order chi connectivity index (χ1) is 9.15. The molecule has 104 valence electrons. The fraction of sp³-hybridized carbons (Fsp3) is 0.462. The predicted octanol–water partition coefficient (Wildman–Crippen LogP) is 1.50. The minimum absolute atomic E-state index is 0.397. The molecule has 0 radical (unpaired) electrons. The van der Waals surface area contributed by atoms with Crippen LogP contribution in [0.15, 0.2) is 24.3 Å². The average molecular weight is 286 g/mol. The maximum absolute atomic E-state index is 10.8. The molecule has 1 atom stereocenters. The van der Waals surface area contributed by atoms with E-state index in [1.807, 2.05) is 17.0 Å². The number of halogens is 1. The van der Waals surface area contributed by atoms with Crippen molar-refractivity contribution < 1.29 is 19.4 Å². The van der Waals surface area contributed by atoms with Gasteiger partial charge in [-0.05, 0) is 18.2 Å². The number of aliphatic carboxylic acids is 1. The topological polar surface area (TPSA) is 59.0 Å². The highest BCUT2D eigenvalue weighted by atomic mass is 35.5. The van der Waals surface area contributed by atoms with Gasteiger partial charge in [-0.2, -0.15) is 0 Å². The van der Waals surface area contributed by atoms with Crippen LogP contribution in [0.2, 0.25) is 5.02 Å². The predicted molar refractivity (Wildman–Crippen MR) is 70.8 cm³/mol. The molecule has 0 saturated carbocycles. The molecule has 1 unspecified atom stereocenters. The Morgan fingerprint density at radius 1 is 1.58 bits per heavy atom. The molecule has 1 aromatic rings. The normalized spacial score (nSPS) is 20.2. The second kappa shape index (κ2) is 6.75. The van der Waals surface area contributed by atoms with Gasteiger partial charge in [0, 0.05) is 24.7 Å². The Hall–Kier alpha value is -1.30. The number of rotatable bonds is 5. The molecule has 0 aromatic heterocycles. The van der Waals surface area contributed by atoms with Crippen molar-refractivity contribution in [3.05, 3.63) is 29.3 Å². The molecule has 6 heteroatoms. The van der Waals surface area contributed by atoms with E-state index in [4.69, 9.17) is 26.2 Å². The molecule has 0 aliphatic carbocycles. The van der Waals surface area contributed by atoms with Crippen molar-refractivity contribution in [2.24, 2.45) is 0 Å². The van der Waals surface area contributed by atoms with Gasteiger partial charge in [0.05, 0.1) is 6.61 Å². The largest absolute Gasteiger partial charge is 0.492 e. The lowest BCUT2D eigenvalue weighted by atomic mass is 10.3. The zero-order valence-electron chi connectivity index (χ0n) is 10.4. The van der Waals surface area contributed by atoms with Gasteiger partial charge >= 0.3 is 5.97 Å². The summed E-state index contributed by atoms with van der Waals surface area (Å²) in [4.78, 5) is 12.9. The first-order valence-electron chi connectivity index (χ1n) is 6.10. The van der Waals surface area contributed by atoms with Crippen LogP contribution in [0.3, 0.4) is 0 Å². The molecule has 1 saturated heterocycles. The second-order valence-corrected chi connectivity index (χ2v) is 4.74. The number of nitrogens with zero attached hydrogens (tertiary/aromatic N) is 1. The summed E-state index contributed by atoms with van der Waals surface area (Å²) in [6, 6.07) is 7.20. The summed E-state index contributed by atoms with van der Waals surface area (Å²) in [5.41, 5.74) is 0. The maximum Gasteiger partial charge on any atom is 0.334 e. The second-order valence-electron chi connectivity index (χ2n) is 4.30. The summed E-state index contributed by atoms with van der Waals surface area (Å²) in [5, 5.41) is 9.53. The fourth-order valence-corrected chi connectivity index (χ4v) is 2.08. The quantitative estimate of drug-likeness (QED) is 0.888. The van der Waals surface area contributed by atoms with Crippen LogP contribution in [0.25, 0.3) is 0 Å². The lowest BCUT2D eigenvalue weighted by Crippen LogP contribution is -2.47. The minimum atomic E-state index is -0.916. The van der Waals surface area contributed by atoms with Crippen LogP contribution in [0.5, 0.6) is 5.75 Å². The molecule has 5 nitrogen and oxygen atoms in total.